The number of aliphatic hydroxyl groups excluding tert-OH is 1. The Morgan fingerprint density at radius 1 is 1.64 bits per heavy atom. The van der Waals surface area contributed by atoms with Gasteiger partial charge in [-0.1, -0.05) is 6.92 Å². The second kappa shape index (κ2) is 3.71. The van der Waals surface area contributed by atoms with Crippen molar-refractivity contribution in [3.63, 3.8) is 0 Å². The van der Waals surface area contributed by atoms with E-state index in [1.165, 1.54) is 0 Å². The summed E-state index contributed by atoms with van der Waals surface area (Å²) in [7, 11) is 0. The van der Waals surface area contributed by atoms with E-state index in [0.717, 1.165) is 21.1 Å². The number of fused-ring (bicyclic) bond motifs is 1. The highest BCUT2D eigenvalue weighted by Crippen LogP contribution is 2.26. The van der Waals surface area contributed by atoms with Gasteiger partial charge in [-0.25, -0.2) is 4.98 Å². The van der Waals surface area contributed by atoms with Crippen molar-refractivity contribution in [1.29, 1.82) is 0 Å². The lowest BCUT2D eigenvalue weighted by Gasteiger charge is -2.05. The van der Waals surface area contributed by atoms with Gasteiger partial charge < -0.3 is 10.1 Å². The minimum absolute atomic E-state index is 0.417. The second-order valence-electron chi connectivity index (χ2n) is 3.22. The quantitative estimate of drug-likeness (QED) is 0.866. The van der Waals surface area contributed by atoms with Crippen LogP contribution in [-0.2, 0) is 0 Å². The number of aliphatic hydroxyl groups is 1. The van der Waals surface area contributed by atoms with E-state index in [2.05, 4.69) is 25.9 Å². The largest absolute Gasteiger partial charge is 0.388 e. The van der Waals surface area contributed by atoms with Crippen LogP contribution in [0.15, 0.2) is 22.9 Å². The van der Waals surface area contributed by atoms with Gasteiger partial charge in [-0.15, -0.1) is 0 Å². The van der Waals surface area contributed by atoms with Crippen molar-refractivity contribution in [2.45, 2.75) is 19.4 Å². The Morgan fingerprint density at radius 3 is 3.14 bits per heavy atom. The minimum atomic E-state index is -0.417. The van der Waals surface area contributed by atoms with Gasteiger partial charge in [0.2, 0.25) is 0 Å². The number of hydrogen-bond acceptors (Lipinski definition) is 2. The average molecular weight is 255 g/mol. The summed E-state index contributed by atoms with van der Waals surface area (Å²) < 4.78 is 0.925. The molecule has 0 spiro atoms. The fourth-order valence-electron chi connectivity index (χ4n) is 1.49. The molecular formula is C10H11BrN2O. The fourth-order valence-corrected chi connectivity index (χ4v) is 1.83. The summed E-state index contributed by atoms with van der Waals surface area (Å²) in [5.41, 5.74) is 1.73. The van der Waals surface area contributed by atoms with Crippen LogP contribution in [0.3, 0.4) is 0 Å². The first kappa shape index (κ1) is 9.68. The molecule has 0 fully saturated rings. The van der Waals surface area contributed by atoms with E-state index >= 15 is 0 Å². The van der Waals surface area contributed by atoms with Gasteiger partial charge in [-0.3, -0.25) is 0 Å². The maximum absolute atomic E-state index is 9.74. The fraction of sp³-hybridized carbons (Fsp3) is 0.300. The molecule has 0 saturated heterocycles. The van der Waals surface area contributed by atoms with Gasteiger partial charge in [0.25, 0.3) is 0 Å². The number of aromatic nitrogens is 2. The number of pyridine rings is 1. The molecule has 74 valence electrons. The molecule has 0 aliphatic heterocycles. The Balaban J connectivity index is 2.61. The van der Waals surface area contributed by atoms with Crippen molar-refractivity contribution in [2.24, 2.45) is 0 Å². The predicted octanol–water partition coefficient (Wildman–Crippen LogP) is 2.77. The van der Waals surface area contributed by atoms with Crippen molar-refractivity contribution in [3.05, 3.63) is 28.5 Å². The Bertz CT molecular complexity index is 452. The summed E-state index contributed by atoms with van der Waals surface area (Å²) in [4.78, 5) is 7.24. The molecule has 0 aromatic carbocycles. The molecule has 2 aromatic heterocycles. The molecule has 2 heterocycles. The zero-order chi connectivity index (χ0) is 10.1. The summed E-state index contributed by atoms with van der Waals surface area (Å²) in [6.45, 7) is 1.95. The average Bonchev–Trinajstić information content (AvgIpc) is 2.59. The summed E-state index contributed by atoms with van der Waals surface area (Å²) in [6.07, 6.45) is 3.85. The third-order valence-electron chi connectivity index (χ3n) is 2.28. The molecule has 0 radical (unpaired) electrons. The van der Waals surface area contributed by atoms with Crippen LogP contribution in [0.5, 0.6) is 0 Å². The molecular weight excluding hydrogens is 244 g/mol. The lowest BCUT2D eigenvalue weighted by atomic mass is 10.1. The highest BCUT2D eigenvalue weighted by molar-refractivity contribution is 9.10. The third-order valence-corrected chi connectivity index (χ3v) is 2.71. The highest BCUT2D eigenvalue weighted by atomic mass is 79.9. The molecule has 0 aliphatic carbocycles. The molecule has 0 unspecified atom stereocenters. The van der Waals surface area contributed by atoms with E-state index in [9.17, 15) is 5.11 Å². The first-order valence-electron chi connectivity index (χ1n) is 4.53. The van der Waals surface area contributed by atoms with Crippen LogP contribution < -0.4 is 0 Å². The van der Waals surface area contributed by atoms with Crippen molar-refractivity contribution in [3.8, 4) is 0 Å². The number of nitrogens with one attached hydrogen (secondary N) is 1. The molecule has 0 aliphatic rings. The van der Waals surface area contributed by atoms with Gasteiger partial charge in [0.05, 0.1) is 6.10 Å². The van der Waals surface area contributed by atoms with E-state index in [1.54, 1.807) is 6.20 Å². The molecule has 1 atom stereocenters. The molecule has 0 saturated carbocycles. The summed E-state index contributed by atoms with van der Waals surface area (Å²) in [5, 5.41) is 10.7. The number of rotatable bonds is 2. The Morgan fingerprint density at radius 2 is 2.43 bits per heavy atom. The number of H-pyrrole nitrogens is 1. The molecule has 2 rings (SSSR count). The highest BCUT2D eigenvalue weighted by Gasteiger charge is 2.11. The van der Waals surface area contributed by atoms with E-state index in [4.69, 9.17) is 0 Å². The van der Waals surface area contributed by atoms with Gasteiger partial charge in [0, 0.05) is 27.8 Å². The van der Waals surface area contributed by atoms with Crippen LogP contribution in [0, 0.1) is 0 Å². The van der Waals surface area contributed by atoms with Gasteiger partial charge in [-0.05, 0) is 28.4 Å². The van der Waals surface area contributed by atoms with E-state index < -0.39 is 6.10 Å². The van der Waals surface area contributed by atoms with Gasteiger partial charge >= 0.3 is 0 Å². The van der Waals surface area contributed by atoms with Gasteiger partial charge in [-0.2, -0.15) is 0 Å². The van der Waals surface area contributed by atoms with E-state index in [1.807, 2.05) is 19.2 Å². The smallest absolute Gasteiger partial charge is 0.137 e. The van der Waals surface area contributed by atoms with Gasteiger partial charge in [0.1, 0.15) is 5.65 Å². The number of hydrogen-bond donors (Lipinski definition) is 2. The molecule has 0 bridgehead atoms. The normalized spacial score (nSPS) is 13.4. The van der Waals surface area contributed by atoms with Crippen molar-refractivity contribution >= 4 is 27.0 Å². The van der Waals surface area contributed by atoms with Gasteiger partial charge in [0.15, 0.2) is 0 Å². The summed E-state index contributed by atoms with van der Waals surface area (Å²) in [5.74, 6) is 0. The molecule has 0 amide bonds. The Labute approximate surface area is 90.3 Å². The number of nitrogens with zero attached hydrogens (tertiary/aromatic N) is 1. The SMILES string of the molecule is CC[C@H](O)c1c[nH]c2ncc(Br)cc12. The van der Waals surface area contributed by atoms with Crippen LogP contribution in [0.4, 0.5) is 0 Å². The van der Waals surface area contributed by atoms with Crippen LogP contribution in [0.2, 0.25) is 0 Å². The van der Waals surface area contributed by atoms with Crippen molar-refractivity contribution in [2.75, 3.05) is 0 Å². The lowest BCUT2D eigenvalue weighted by molar-refractivity contribution is 0.175. The van der Waals surface area contributed by atoms with Crippen LogP contribution >= 0.6 is 15.9 Å². The first-order chi connectivity index (χ1) is 6.72. The van der Waals surface area contributed by atoms with E-state index in [0.29, 0.717) is 6.42 Å². The Kier molecular flexibility index (Phi) is 2.56. The first-order valence-corrected chi connectivity index (χ1v) is 5.32. The van der Waals surface area contributed by atoms with Crippen LogP contribution in [-0.4, -0.2) is 15.1 Å². The van der Waals surface area contributed by atoms with Crippen molar-refractivity contribution in [1.82, 2.24) is 9.97 Å². The number of aromatic amines is 1. The maximum atomic E-state index is 9.74. The zero-order valence-corrected chi connectivity index (χ0v) is 9.37. The topological polar surface area (TPSA) is 48.9 Å². The molecule has 4 heteroatoms. The molecule has 3 nitrogen and oxygen atoms in total. The number of halogens is 1. The van der Waals surface area contributed by atoms with Crippen LogP contribution in [0.1, 0.15) is 25.0 Å². The standard InChI is InChI=1S/C10H11BrN2O/c1-2-9(14)8-5-13-10-7(8)3-6(11)4-12-10/h3-5,9,14H,2H2,1H3,(H,12,13)/t9-/m0/s1. The third kappa shape index (κ3) is 1.55. The predicted molar refractivity (Wildman–Crippen MR) is 59.0 cm³/mol. The molecule has 2 N–H and O–H groups in total. The lowest BCUT2D eigenvalue weighted by Crippen LogP contribution is -1.93. The summed E-state index contributed by atoms with van der Waals surface area (Å²) >= 11 is 3.36. The Hall–Kier alpha value is -0.870. The maximum Gasteiger partial charge on any atom is 0.137 e. The minimum Gasteiger partial charge on any atom is -0.388 e. The zero-order valence-electron chi connectivity index (χ0n) is 7.79. The summed E-state index contributed by atoms with van der Waals surface area (Å²) in [6, 6.07) is 1.97. The molecule has 14 heavy (non-hydrogen) atoms. The van der Waals surface area contributed by atoms with E-state index in [-0.39, 0.29) is 0 Å². The van der Waals surface area contributed by atoms with Crippen molar-refractivity contribution < 1.29 is 5.11 Å². The van der Waals surface area contributed by atoms with Crippen LogP contribution in [0.25, 0.3) is 11.0 Å². The molecule has 2 aromatic rings. The monoisotopic (exact) mass is 254 g/mol. The second-order valence-corrected chi connectivity index (χ2v) is 4.13.